The predicted molar refractivity (Wildman–Crippen MR) is 113 cm³/mol. The molecule has 4 rings (SSSR count). The summed E-state index contributed by atoms with van der Waals surface area (Å²) < 4.78 is 6.13. The number of nitrogens with zero attached hydrogens (tertiary/aromatic N) is 3. The van der Waals surface area contributed by atoms with E-state index in [0.717, 1.165) is 38.2 Å². The van der Waals surface area contributed by atoms with Crippen molar-refractivity contribution in [2.45, 2.75) is 12.8 Å². The Morgan fingerprint density at radius 2 is 2.04 bits per heavy atom. The van der Waals surface area contributed by atoms with Crippen LogP contribution < -0.4 is 0 Å². The second-order valence-electron chi connectivity index (χ2n) is 6.72. The highest BCUT2D eigenvalue weighted by Crippen LogP contribution is 2.37. The van der Waals surface area contributed by atoms with Crippen molar-refractivity contribution >= 4 is 38.9 Å². The van der Waals surface area contributed by atoms with Crippen molar-refractivity contribution in [1.82, 2.24) is 15.1 Å². The van der Waals surface area contributed by atoms with Crippen LogP contribution in [-0.4, -0.2) is 35.1 Å². The zero-order valence-corrected chi connectivity index (χ0v) is 17.0. The Bertz CT molecular complexity index is 1100. The number of allylic oxidation sites excluding steroid dienone is 2. The molecule has 0 saturated carbocycles. The monoisotopic (exact) mass is 411 g/mol. The molecule has 0 atom stereocenters. The Morgan fingerprint density at radius 1 is 1.25 bits per heavy atom. The number of benzene rings is 1. The molecule has 0 unspecified atom stereocenters. The first-order valence-corrected chi connectivity index (χ1v) is 9.97. The largest absolute Gasteiger partial charge is 0.473 e. The molecule has 0 fully saturated rings. The van der Waals surface area contributed by atoms with Gasteiger partial charge in [-0.05, 0) is 41.8 Å². The van der Waals surface area contributed by atoms with Crippen molar-refractivity contribution in [3.63, 3.8) is 0 Å². The molecule has 0 aliphatic carbocycles. The highest BCUT2D eigenvalue weighted by atomic mass is 35.5. The maximum Gasteiger partial charge on any atom is 0.275 e. The maximum atomic E-state index is 12.6. The van der Waals surface area contributed by atoms with E-state index in [1.54, 1.807) is 38.0 Å². The van der Waals surface area contributed by atoms with Gasteiger partial charge in [0.2, 0.25) is 0 Å². The number of carbonyl (C=O) groups is 1. The minimum Gasteiger partial charge on any atom is -0.473 e. The lowest BCUT2D eigenvalue weighted by atomic mass is 10.0. The molecule has 1 aromatic carbocycles. The van der Waals surface area contributed by atoms with Gasteiger partial charge in [-0.25, -0.2) is 0 Å². The standard InChI is InChI=1S/C21H18ClN3O2S/c1-25(2)21(26)19-20-16(11-18(28-20)14-5-7-15(22)8-6-14)17(23-24-19)10-13-4-3-9-27-12-13/h3,5-9,11-12H,4,10H2,1-2H3. The zero-order valence-electron chi connectivity index (χ0n) is 15.5. The van der Waals surface area contributed by atoms with Crippen LogP contribution in [0.25, 0.3) is 20.5 Å². The van der Waals surface area contributed by atoms with Crippen molar-refractivity contribution in [3.8, 4) is 10.4 Å². The van der Waals surface area contributed by atoms with Gasteiger partial charge >= 0.3 is 0 Å². The normalized spacial score (nSPS) is 13.3. The average Bonchev–Trinajstić information content (AvgIpc) is 3.15. The Morgan fingerprint density at radius 3 is 2.71 bits per heavy atom. The van der Waals surface area contributed by atoms with E-state index >= 15 is 0 Å². The van der Waals surface area contributed by atoms with Crippen molar-refractivity contribution in [2.75, 3.05) is 14.1 Å². The van der Waals surface area contributed by atoms with E-state index in [1.165, 1.54) is 4.90 Å². The second-order valence-corrected chi connectivity index (χ2v) is 8.21. The highest BCUT2D eigenvalue weighted by molar-refractivity contribution is 7.22. The quantitative estimate of drug-likeness (QED) is 0.601. The van der Waals surface area contributed by atoms with Crippen LogP contribution in [-0.2, 0) is 11.2 Å². The number of carbonyl (C=O) groups excluding carboxylic acids is 1. The van der Waals surface area contributed by atoms with Gasteiger partial charge in [0.25, 0.3) is 5.91 Å². The number of thiophene rings is 1. The molecule has 5 nitrogen and oxygen atoms in total. The molecule has 2 aromatic heterocycles. The lowest BCUT2D eigenvalue weighted by Gasteiger charge is -2.12. The van der Waals surface area contributed by atoms with Crippen LogP contribution >= 0.6 is 22.9 Å². The number of fused-ring (bicyclic) bond motifs is 1. The Kier molecular flexibility index (Phi) is 5.15. The second kappa shape index (κ2) is 7.73. The molecule has 0 saturated heterocycles. The van der Waals surface area contributed by atoms with Crippen LogP contribution in [0.15, 0.2) is 54.5 Å². The fourth-order valence-corrected chi connectivity index (χ4v) is 4.29. The number of rotatable bonds is 4. The smallest absolute Gasteiger partial charge is 0.275 e. The molecule has 28 heavy (non-hydrogen) atoms. The lowest BCUT2D eigenvalue weighted by Crippen LogP contribution is -2.23. The molecule has 0 bridgehead atoms. The molecule has 0 spiro atoms. The van der Waals surface area contributed by atoms with Gasteiger partial charge in [0.15, 0.2) is 5.69 Å². The molecular formula is C21H18ClN3O2S. The van der Waals surface area contributed by atoms with Gasteiger partial charge in [0, 0.05) is 35.8 Å². The fourth-order valence-electron chi connectivity index (χ4n) is 3.00. The van der Waals surface area contributed by atoms with Crippen LogP contribution in [0.1, 0.15) is 22.6 Å². The zero-order chi connectivity index (χ0) is 19.7. The lowest BCUT2D eigenvalue weighted by molar-refractivity contribution is 0.0823. The third-order valence-corrected chi connectivity index (χ3v) is 5.89. The van der Waals surface area contributed by atoms with Gasteiger partial charge in [-0.2, -0.15) is 5.10 Å². The predicted octanol–water partition coefficient (Wildman–Crippen LogP) is 5.07. The Balaban J connectivity index is 1.84. The first-order valence-electron chi connectivity index (χ1n) is 8.78. The molecule has 3 heterocycles. The van der Waals surface area contributed by atoms with Crippen LogP contribution in [0.2, 0.25) is 5.02 Å². The summed E-state index contributed by atoms with van der Waals surface area (Å²) in [6, 6.07) is 9.76. The minimum atomic E-state index is -0.156. The topological polar surface area (TPSA) is 55.3 Å². The van der Waals surface area contributed by atoms with E-state index in [-0.39, 0.29) is 5.91 Å². The van der Waals surface area contributed by atoms with Crippen LogP contribution in [0.3, 0.4) is 0 Å². The summed E-state index contributed by atoms with van der Waals surface area (Å²) in [6.45, 7) is 0. The summed E-state index contributed by atoms with van der Waals surface area (Å²) in [6.07, 6.45) is 6.83. The van der Waals surface area contributed by atoms with Gasteiger partial charge in [-0.3, -0.25) is 4.79 Å². The molecule has 7 heteroatoms. The van der Waals surface area contributed by atoms with Crippen molar-refractivity contribution in [2.24, 2.45) is 0 Å². The Labute approximate surface area is 171 Å². The first kappa shape index (κ1) is 18.7. The molecule has 1 aliphatic rings. The van der Waals surface area contributed by atoms with E-state index in [0.29, 0.717) is 17.1 Å². The number of amides is 1. The van der Waals surface area contributed by atoms with Crippen LogP contribution in [0, 0.1) is 0 Å². The third-order valence-electron chi connectivity index (χ3n) is 4.45. The molecule has 1 aliphatic heterocycles. The summed E-state index contributed by atoms with van der Waals surface area (Å²) in [4.78, 5) is 15.2. The Hall–Kier alpha value is -2.70. The van der Waals surface area contributed by atoms with Crippen molar-refractivity contribution in [3.05, 3.63) is 70.9 Å². The molecule has 1 amide bonds. The first-order chi connectivity index (χ1) is 13.5. The van der Waals surface area contributed by atoms with Crippen molar-refractivity contribution in [1.29, 1.82) is 0 Å². The minimum absolute atomic E-state index is 0.156. The third kappa shape index (κ3) is 3.66. The van der Waals surface area contributed by atoms with Crippen LogP contribution in [0.4, 0.5) is 0 Å². The van der Waals surface area contributed by atoms with E-state index in [4.69, 9.17) is 16.3 Å². The summed E-state index contributed by atoms with van der Waals surface area (Å²) >= 11 is 7.57. The molecule has 142 valence electrons. The highest BCUT2D eigenvalue weighted by Gasteiger charge is 2.21. The number of halogens is 1. The summed E-state index contributed by atoms with van der Waals surface area (Å²) in [5.74, 6) is -0.156. The van der Waals surface area contributed by atoms with Gasteiger partial charge in [0.05, 0.1) is 22.9 Å². The summed E-state index contributed by atoms with van der Waals surface area (Å²) in [7, 11) is 3.43. The van der Waals surface area contributed by atoms with E-state index in [9.17, 15) is 4.79 Å². The molecule has 3 aromatic rings. The van der Waals surface area contributed by atoms with Gasteiger partial charge < -0.3 is 9.64 Å². The van der Waals surface area contributed by atoms with E-state index in [2.05, 4.69) is 16.3 Å². The summed E-state index contributed by atoms with van der Waals surface area (Å²) in [5.41, 5.74) is 3.38. The number of hydrogen-bond donors (Lipinski definition) is 0. The number of hydrogen-bond acceptors (Lipinski definition) is 5. The summed E-state index contributed by atoms with van der Waals surface area (Å²) in [5, 5.41) is 10.3. The number of aromatic nitrogens is 2. The van der Waals surface area contributed by atoms with Crippen LogP contribution in [0.5, 0.6) is 0 Å². The molecular weight excluding hydrogens is 394 g/mol. The van der Waals surface area contributed by atoms with Gasteiger partial charge in [-0.15, -0.1) is 16.4 Å². The van der Waals surface area contributed by atoms with Crippen molar-refractivity contribution < 1.29 is 9.53 Å². The molecule has 0 radical (unpaired) electrons. The maximum absolute atomic E-state index is 12.6. The average molecular weight is 412 g/mol. The van der Waals surface area contributed by atoms with Gasteiger partial charge in [0.1, 0.15) is 0 Å². The van der Waals surface area contributed by atoms with Gasteiger partial charge in [-0.1, -0.05) is 23.7 Å². The van der Waals surface area contributed by atoms with E-state index in [1.807, 2.05) is 30.3 Å². The SMILES string of the molecule is CN(C)C(=O)c1nnc(CC2=COC=CC2)c2cc(-c3ccc(Cl)cc3)sc12. The van der Waals surface area contributed by atoms with E-state index < -0.39 is 0 Å². The molecule has 0 N–H and O–H groups in total. The number of ether oxygens (including phenoxy) is 1. The fraction of sp³-hybridized carbons (Fsp3) is 0.190.